The second kappa shape index (κ2) is 11.4. The number of amides is 1. The van der Waals surface area contributed by atoms with Crippen molar-refractivity contribution >= 4 is 17.4 Å². The van der Waals surface area contributed by atoms with E-state index in [9.17, 15) is 14.7 Å². The quantitative estimate of drug-likeness (QED) is 0.335. The van der Waals surface area contributed by atoms with E-state index in [1.165, 1.54) is 0 Å². The minimum atomic E-state index is -0.732. The molecule has 0 aliphatic carbocycles. The zero-order chi connectivity index (χ0) is 24.8. The van der Waals surface area contributed by atoms with Gasteiger partial charge >= 0.3 is 0 Å². The van der Waals surface area contributed by atoms with Crippen LogP contribution in [0.3, 0.4) is 0 Å². The van der Waals surface area contributed by atoms with Crippen LogP contribution >= 0.6 is 0 Å². The number of hydrogen-bond acceptors (Lipinski definition) is 7. The highest BCUT2D eigenvalue weighted by molar-refractivity contribution is 6.46. The monoisotopic (exact) mass is 480 g/mol. The molecule has 0 aromatic heterocycles. The lowest BCUT2D eigenvalue weighted by Crippen LogP contribution is -2.39. The van der Waals surface area contributed by atoms with Gasteiger partial charge in [-0.25, -0.2) is 0 Å². The van der Waals surface area contributed by atoms with Crippen molar-refractivity contribution < 1.29 is 28.9 Å². The van der Waals surface area contributed by atoms with Gasteiger partial charge in [-0.05, 0) is 31.0 Å². The Hall–Kier alpha value is -3.36. The molecular weight excluding hydrogens is 448 g/mol. The highest BCUT2D eigenvalue weighted by Crippen LogP contribution is 2.42. The molecule has 2 aliphatic rings. The van der Waals surface area contributed by atoms with Crippen LogP contribution in [-0.4, -0.2) is 79.7 Å². The van der Waals surface area contributed by atoms with Gasteiger partial charge in [-0.3, -0.25) is 14.5 Å². The summed E-state index contributed by atoms with van der Waals surface area (Å²) in [4.78, 5) is 30.2. The zero-order valence-corrected chi connectivity index (χ0v) is 20.2. The molecule has 2 saturated heterocycles. The Bertz CT molecular complexity index is 1080. The number of aliphatic hydroxyl groups excluding tert-OH is 1. The number of morpholine rings is 1. The molecule has 2 aromatic carbocycles. The van der Waals surface area contributed by atoms with Crippen LogP contribution in [0.15, 0.2) is 54.1 Å². The molecule has 0 radical (unpaired) electrons. The third-order valence-electron chi connectivity index (χ3n) is 6.37. The Morgan fingerprint density at radius 3 is 2.49 bits per heavy atom. The van der Waals surface area contributed by atoms with Crippen molar-refractivity contribution in [2.24, 2.45) is 0 Å². The zero-order valence-electron chi connectivity index (χ0n) is 20.2. The summed E-state index contributed by atoms with van der Waals surface area (Å²) in [6.45, 7) is 6.65. The van der Waals surface area contributed by atoms with Crippen molar-refractivity contribution in [2.75, 3.05) is 53.1 Å². The molecular formula is C27H32N2O6. The van der Waals surface area contributed by atoms with Crippen LogP contribution in [0.5, 0.6) is 11.5 Å². The molecule has 0 saturated carbocycles. The molecule has 35 heavy (non-hydrogen) atoms. The number of aliphatic hydroxyl groups is 1. The summed E-state index contributed by atoms with van der Waals surface area (Å²) >= 11 is 0. The number of carbonyl (C=O) groups excluding carboxylic acids is 2. The number of Topliss-reactive ketones (excluding diaryl/α,β-unsaturated/α-hetero) is 1. The maximum Gasteiger partial charge on any atom is 0.295 e. The van der Waals surface area contributed by atoms with Crippen molar-refractivity contribution in [3.8, 4) is 11.5 Å². The minimum Gasteiger partial charge on any atom is -0.507 e. The van der Waals surface area contributed by atoms with Gasteiger partial charge in [0, 0.05) is 31.7 Å². The SMILES string of the molecule is CCOc1ccc(C2/C(=C(\O)c3ccccc3)C(=O)C(=O)N2CCCN2CCOCC2)cc1OC. The van der Waals surface area contributed by atoms with Crippen LogP contribution in [0.4, 0.5) is 0 Å². The summed E-state index contributed by atoms with van der Waals surface area (Å²) in [6, 6.07) is 13.5. The number of likely N-dealkylation sites (tertiary alicyclic amines) is 1. The Labute approximate surface area is 205 Å². The third kappa shape index (κ3) is 5.33. The van der Waals surface area contributed by atoms with Gasteiger partial charge in [-0.1, -0.05) is 36.4 Å². The Morgan fingerprint density at radius 2 is 1.80 bits per heavy atom. The highest BCUT2D eigenvalue weighted by Gasteiger charge is 2.46. The molecule has 0 spiro atoms. The molecule has 1 unspecified atom stereocenters. The minimum absolute atomic E-state index is 0.0822. The molecule has 8 nitrogen and oxygen atoms in total. The normalized spacial score (nSPS) is 20.3. The maximum atomic E-state index is 13.2. The van der Waals surface area contributed by atoms with E-state index in [0.29, 0.717) is 55.4 Å². The lowest BCUT2D eigenvalue weighted by Gasteiger charge is -2.29. The van der Waals surface area contributed by atoms with E-state index in [1.54, 1.807) is 48.4 Å². The fraction of sp³-hybridized carbons (Fsp3) is 0.407. The van der Waals surface area contributed by atoms with Crippen molar-refractivity contribution in [3.63, 3.8) is 0 Å². The summed E-state index contributed by atoms with van der Waals surface area (Å²) in [6.07, 6.45) is 0.697. The highest BCUT2D eigenvalue weighted by atomic mass is 16.5. The van der Waals surface area contributed by atoms with E-state index in [4.69, 9.17) is 14.2 Å². The first-order valence-corrected chi connectivity index (χ1v) is 12.0. The first kappa shape index (κ1) is 24.8. The summed E-state index contributed by atoms with van der Waals surface area (Å²) in [5.74, 6) is -0.399. The molecule has 2 aromatic rings. The van der Waals surface area contributed by atoms with Gasteiger partial charge in [0.05, 0.1) is 38.5 Å². The molecule has 8 heteroatoms. The van der Waals surface area contributed by atoms with Crippen LogP contribution in [0.2, 0.25) is 0 Å². The molecule has 2 fully saturated rings. The van der Waals surface area contributed by atoms with Crippen LogP contribution in [-0.2, 0) is 14.3 Å². The van der Waals surface area contributed by atoms with Crippen LogP contribution in [0.25, 0.3) is 5.76 Å². The van der Waals surface area contributed by atoms with E-state index < -0.39 is 17.7 Å². The van der Waals surface area contributed by atoms with Gasteiger partial charge in [-0.15, -0.1) is 0 Å². The van der Waals surface area contributed by atoms with E-state index in [1.807, 2.05) is 19.1 Å². The van der Waals surface area contributed by atoms with Gasteiger partial charge in [0.1, 0.15) is 5.76 Å². The molecule has 2 heterocycles. The molecule has 1 N–H and O–H groups in total. The summed E-state index contributed by atoms with van der Waals surface area (Å²) in [5, 5.41) is 11.2. The average molecular weight is 481 g/mol. The van der Waals surface area contributed by atoms with Gasteiger partial charge in [0.2, 0.25) is 0 Å². The number of carbonyl (C=O) groups is 2. The average Bonchev–Trinajstić information content (AvgIpc) is 3.15. The molecule has 2 aliphatic heterocycles. The molecule has 1 atom stereocenters. The van der Waals surface area contributed by atoms with Crippen molar-refractivity contribution in [2.45, 2.75) is 19.4 Å². The number of nitrogens with zero attached hydrogens (tertiary/aromatic N) is 2. The number of hydrogen-bond donors (Lipinski definition) is 1. The number of ether oxygens (including phenoxy) is 3. The first-order chi connectivity index (χ1) is 17.0. The number of rotatable bonds is 9. The fourth-order valence-electron chi connectivity index (χ4n) is 4.63. The Morgan fingerprint density at radius 1 is 1.06 bits per heavy atom. The standard InChI is InChI=1S/C27H32N2O6/c1-3-35-21-11-10-20(18-22(21)33-2)24-23(25(30)19-8-5-4-6-9-19)26(31)27(32)29(24)13-7-12-28-14-16-34-17-15-28/h4-6,8-11,18,24,30H,3,7,12-17H2,1-2H3/b25-23+. The van der Waals surface area contributed by atoms with Crippen LogP contribution in [0.1, 0.15) is 30.5 Å². The van der Waals surface area contributed by atoms with Gasteiger partial charge in [-0.2, -0.15) is 0 Å². The summed E-state index contributed by atoms with van der Waals surface area (Å²) in [7, 11) is 1.55. The number of methoxy groups -OCH3 is 1. The predicted molar refractivity (Wildman–Crippen MR) is 131 cm³/mol. The van der Waals surface area contributed by atoms with Gasteiger partial charge in [0.25, 0.3) is 11.7 Å². The van der Waals surface area contributed by atoms with E-state index in [0.717, 1.165) is 19.6 Å². The van der Waals surface area contributed by atoms with Crippen LogP contribution in [0, 0.1) is 0 Å². The van der Waals surface area contributed by atoms with Crippen LogP contribution < -0.4 is 9.47 Å². The van der Waals surface area contributed by atoms with E-state index >= 15 is 0 Å². The van der Waals surface area contributed by atoms with E-state index in [2.05, 4.69) is 4.90 Å². The van der Waals surface area contributed by atoms with Gasteiger partial charge < -0.3 is 24.2 Å². The maximum absolute atomic E-state index is 13.2. The van der Waals surface area contributed by atoms with Crippen molar-refractivity contribution in [3.05, 3.63) is 65.2 Å². The van der Waals surface area contributed by atoms with E-state index in [-0.39, 0.29) is 11.3 Å². The first-order valence-electron chi connectivity index (χ1n) is 12.0. The molecule has 4 rings (SSSR count). The largest absolute Gasteiger partial charge is 0.507 e. The molecule has 1 amide bonds. The molecule has 0 bridgehead atoms. The predicted octanol–water partition coefficient (Wildman–Crippen LogP) is 3.24. The van der Waals surface area contributed by atoms with Crippen molar-refractivity contribution in [1.82, 2.24) is 9.80 Å². The smallest absolute Gasteiger partial charge is 0.295 e. The second-order valence-electron chi connectivity index (χ2n) is 8.51. The second-order valence-corrected chi connectivity index (χ2v) is 8.51. The third-order valence-corrected chi connectivity index (χ3v) is 6.37. The summed E-state index contributed by atoms with van der Waals surface area (Å²) < 4.78 is 16.6. The number of ketones is 1. The Balaban J connectivity index is 1.70. The lowest BCUT2D eigenvalue weighted by molar-refractivity contribution is -0.140. The summed E-state index contributed by atoms with van der Waals surface area (Å²) in [5.41, 5.74) is 1.24. The Kier molecular flexibility index (Phi) is 8.05. The molecule has 186 valence electrons. The fourth-order valence-corrected chi connectivity index (χ4v) is 4.63. The van der Waals surface area contributed by atoms with Crippen molar-refractivity contribution in [1.29, 1.82) is 0 Å². The number of benzene rings is 2. The lowest BCUT2D eigenvalue weighted by atomic mass is 9.95. The topological polar surface area (TPSA) is 88.5 Å². The van der Waals surface area contributed by atoms with Gasteiger partial charge in [0.15, 0.2) is 11.5 Å².